The number of amides is 1. The van der Waals surface area contributed by atoms with E-state index in [4.69, 9.17) is 0 Å². The summed E-state index contributed by atoms with van der Waals surface area (Å²) in [6.07, 6.45) is 4.32. The van der Waals surface area contributed by atoms with E-state index in [9.17, 15) is 4.79 Å². The zero-order valence-electron chi connectivity index (χ0n) is 17.2. The fourth-order valence-corrected chi connectivity index (χ4v) is 4.29. The number of fused-ring (bicyclic) bond motifs is 1. The summed E-state index contributed by atoms with van der Waals surface area (Å²) in [5.74, 6) is 0.660. The molecule has 30 heavy (non-hydrogen) atoms. The lowest BCUT2D eigenvalue weighted by molar-refractivity contribution is 0.0746. The van der Waals surface area contributed by atoms with Crippen LogP contribution in [0.3, 0.4) is 0 Å². The Kier molecular flexibility index (Phi) is 4.83. The summed E-state index contributed by atoms with van der Waals surface area (Å²) in [6, 6.07) is 16.8. The molecule has 1 fully saturated rings. The second kappa shape index (κ2) is 7.78. The van der Waals surface area contributed by atoms with Gasteiger partial charge in [-0.05, 0) is 42.7 Å². The van der Waals surface area contributed by atoms with Crippen molar-refractivity contribution in [3.8, 4) is 0 Å². The lowest BCUT2D eigenvalue weighted by atomic mass is 10.2. The zero-order valence-corrected chi connectivity index (χ0v) is 17.2. The molecule has 3 aromatic rings. The van der Waals surface area contributed by atoms with Crippen LogP contribution in [0.25, 0.3) is 0 Å². The molecule has 0 aliphatic carbocycles. The first-order valence-electron chi connectivity index (χ1n) is 10.5. The molecule has 6 nitrogen and oxygen atoms in total. The second-order valence-corrected chi connectivity index (χ2v) is 7.92. The van der Waals surface area contributed by atoms with E-state index < -0.39 is 0 Å². The third-order valence-electron chi connectivity index (χ3n) is 5.95. The molecule has 152 valence electrons. The number of aromatic nitrogens is 2. The molecule has 0 saturated carbocycles. The van der Waals surface area contributed by atoms with E-state index in [-0.39, 0.29) is 5.91 Å². The first-order valence-corrected chi connectivity index (χ1v) is 10.5. The maximum absolute atomic E-state index is 12.9. The number of aryl methyl sites for hydroxylation is 1. The fraction of sp³-hybridized carbons (Fsp3) is 0.292. The number of rotatable bonds is 3. The van der Waals surface area contributed by atoms with E-state index in [1.165, 1.54) is 16.8 Å². The smallest absolute Gasteiger partial charge is 0.257 e. The average molecular weight is 399 g/mol. The van der Waals surface area contributed by atoms with Crippen LogP contribution in [0.5, 0.6) is 0 Å². The van der Waals surface area contributed by atoms with E-state index in [1.807, 2.05) is 11.0 Å². The van der Waals surface area contributed by atoms with Gasteiger partial charge < -0.3 is 14.7 Å². The quantitative estimate of drug-likeness (QED) is 0.675. The van der Waals surface area contributed by atoms with Gasteiger partial charge in [-0.2, -0.15) is 0 Å². The van der Waals surface area contributed by atoms with Crippen molar-refractivity contribution in [2.45, 2.75) is 13.3 Å². The van der Waals surface area contributed by atoms with Gasteiger partial charge in [0.05, 0.1) is 5.56 Å². The van der Waals surface area contributed by atoms with E-state index in [0.29, 0.717) is 24.6 Å². The van der Waals surface area contributed by atoms with Crippen LogP contribution < -0.4 is 9.80 Å². The summed E-state index contributed by atoms with van der Waals surface area (Å²) < 4.78 is 0. The van der Waals surface area contributed by atoms with Gasteiger partial charge >= 0.3 is 0 Å². The summed E-state index contributed by atoms with van der Waals surface area (Å²) in [5.41, 5.74) is 5.50. The molecule has 0 N–H and O–H groups in total. The van der Waals surface area contributed by atoms with Crippen molar-refractivity contribution in [2.75, 3.05) is 42.5 Å². The van der Waals surface area contributed by atoms with E-state index >= 15 is 0 Å². The normalized spacial score (nSPS) is 16.0. The van der Waals surface area contributed by atoms with Crippen molar-refractivity contribution in [3.05, 3.63) is 77.6 Å². The van der Waals surface area contributed by atoms with E-state index in [1.54, 1.807) is 12.4 Å². The minimum atomic E-state index is 0.00673. The summed E-state index contributed by atoms with van der Waals surface area (Å²) >= 11 is 0. The molecule has 0 spiro atoms. The van der Waals surface area contributed by atoms with Crippen molar-refractivity contribution >= 4 is 23.2 Å². The Morgan fingerprint density at radius 1 is 0.900 bits per heavy atom. The number of carbonyl (C=O) groups is 1. The molecular formula is C24H25N5O. The standard InChI is InChI=1S/C24H25N5O/c1-18-5-4-7-21(15-18)27-11-13-28(14-12-27)23(30)20-16-25-24(26-17-20)29-10-9-19-6-2-3-8-22(19)29/h2-8,15-17H,9-14H2,1H3. The van der Waals surface area contributed by atoms with Crippen LogP contribution >= 0.6 is 0 Å². The number of piperazine rings is 1. The Morgan fingerprint density at radius 2 is 1.67 bits per heavy atom. The highest BCUT2D eigenvalue weighted by Gasteiger charge is 2.25. The lowest BCUT2D eigenvalue weighted by Crippen LogP contribution is -2.48. The molecule has 0 bridgehead atoms. The monoisotopic (exact) mass is 399 g/mol. The minimum Gasteiger partial charge on any atom is -0.368 e. The van der Waals surface area contributed by atoms with Crippen LogP contribution in [-0.2, 0) is 6.42 Å². The van der Waals surface area contributed by atoms with Crippen molar-refractivity contribution in [3.63, 3.8) is 0 Å². The van der Waals surface area contributed by atoms with Gasteiger partial charge in [-0.15, -0.1) is 0 Å². The van der Waals surface area contributed by atoms with Crippen molar-refractivity contribution < 1.29 is 4.79 Å². The third kappa shape index (κ3) is 3.49. The maximum atomic E-state index is 12.9. The van der Waals surface area contributed by atoms with Crippen molar-refractivity contribution in [1.82, 2.24) is 14.9 Å². The molecule has 2 aliphatic heterocycles. The number of para-hydroxylation sites is 1. The molecule has 2 aliphatic rings. The molecular weight excluding hydrogens is 374 g/mol. The predicted molar refractivity (Wildman–Crippen MR) is 118 cm³/mol. The molecule has 1 saturated heterocycles. The molecule has 1 aromatic heterocycles. The molecule has 2 aromatic carbocycles. The summed E-state index contributed by atoms with van der Waals surface area (Å²) in [6.45, 7) is 6.04. The third-order valence-corrected chi connectivity index (χ3v) is 5.95. The number of nitrogens with zero attached hydrogens (tertiary/aromatic N) is 5. The van der Waals surface area contributed by atoms with Gasteiger partial charge in [0.1, 0.15) is 0 Å². The highest BCUT2D eigenvalue weighted by Crippen LogP contribution is 2.32. The van der Waals surface area contributed by atoms with Gasteiger partial charge in [0.15, 0.2) is 0 Å². The molecule has 0 unspecified atom stereocenters. The van der Waals surface area contributed by atoms with Crippen LogP contribution in [0.1, 0.15) is 21.5 Å². The maximum Gasteiger partial charge on any atom is 0.257 e. The Hall–Kier alpha value is -3.41. The molecule has 0 radical (unpaired) electrons. The van der Waals surface area contributed by atoms with Gasteiger partial charge in [0.25, 0.3) is 5.91 Å². The van der Waals surface area contributed by atoms with E-state index in [0.717, 1.165) is 31.7 Å². The van der Waals surface area contributed by atoms with Crippen LogP contribution in [0.4, 0.5) is 17.3 Å². The molecule has 1 amide bonds. The number of hydrogen-bond donors (Lipinski definition) is 0. The number of hydrogen-bond acceptors (Lipinski definition) is 5. The summed E-state index contributed by atoms with van der Waals surface area (Å²) in [4.78, 5) is 28.3. The van der Waals surface area contributed by atoms with Gasteiger partial charge in [-0.3, -0.25) is 4.79 Å². The van der Waals surface area contributed by atoms with Crippen molar-refractivity contribution in [1.29, 1.82) is 0 Å². The van der Waals surface area contributed by atoms with Crippen LogP contribution in [0, 0.1) is 6.92 Å². The minimum absolute atomic E-state index is 0.00673. The van der Waals surface area contributed by atoms with Gasteiger partial charge in [0, 0.05) is 56.5 Å². The molecule has 6 heteroatoms. The van der Waals surface area contributed by atoms with Gasteiger partial charge in [0.2, 0.25) is 5.95 Å². The number of anilines is 3. The molecule has 5 rings (SSSR count). The first-order chi connectivity index (χ1) is 14.7. The Morgan fingerprint density at radius 3 is 2.43 bits per heavy atom. The zero-order chi connectivity index (χ0) is 20.5. The Labute approximate surface area is 176 Å². The predicted octanol–water partition coefficient (Wildman–Crippen LogP) is 3.44. The van der Waals surface area contributed by atoms with Crippen LogP contribution in [-0.4, -0.2) is 53.5 Å². The molecule has 0 atom stereocenters. The fourth-order valence-electron chi connectivity index (χ4n) is 4.29. The highest BCUT2D eigenvalue weighted by atomic mass is 16.2. The highest BCUT2D eigenvalue weighted by molar-refractivity contribution is 5.94. The van der Waals surface area contributed by atoms with Gasteiger partial charge in [-0.25, -0.2) is 9.97 Å². The molecule has 3 heterocycles. The Balaban J connectivity index is 1.24. The van der Waals surface area contributed by atoms with Crippen LogP contribution in [0.15, 0.2) is 60.9 Å². The topological polar surface area (TPSA) is 52.6 Å². The van der Waals surface area contributed by atoms with E-state index in [2.05, 4.69) is 69.2 Å². The summed E-state index contributed by atoms with van der Waals surface area (Å²) in [5, 5.41) is 0. The number of benzene rings is 2. The second-order valence-electron chi connectivity index (χ2n) is 7.92. The van der Waals surface area contributed by atoms with Crippen LogP contribution in [0.2, 0.25) is 0 Å². The van der Waals surface area contributed by atoms with Crippen molar-refractivity contribution in [2.24, 2.45) is 0 Å². The SMILES string of the molecule is Cc1cccc(N2CCN(C(=O)c3cnc(N4CCc5ccccc54)nc3)CC2)c1. The number of carbonyl (C=O) groups excluding carboxylic acids is 1. The Bertz CT molecular complexity index is 1060. The largest absolute Gasteiger partial charge is 0.368 e. The summed E-state index contributed by atoms with van der Waals surface area (Å²) in [7, 11) is 0. The first kappa shape index (κ1) is 18.6. The lowest BCUT2D eigenvalue weighted by Gasteiger charge is -2.36. The average Bonchev–Trinajstić information content (AvgIpc) is 3.23. The van der Waals surface area contributed by atoms with Gasteiger partial charge in [-0.1, -0.05) is 30.3 Å².